The number of para-hydroxylation sites is 1. The number of rotatable bonds is 5. The SMILES string of the molecule is CC[C@@H](Nc1cc(C)n(-c2ccccc2Cl)n1)C(N)=O. The Balaban J connectivity index is 2.31. The highest BCUT2D eigenvalue weighted by atomic mass is 35.5. The van der Waals surface area contributed by atoms with Crippen LogP contribution in [0.4, 0.5) is 5.82 Å². The second-order valence-corrected chi connectivity index (χ2v) is 4.95. The zero-order chi connectivity index (χ0) is 14.7. The zero-order valence-corrected chi connectivity index (χ0v) is 12.2. The molecule has 20 heavy (non-hydrogen) atoms. The van der Waals surface area contributed by atoms with Gasteiger partial charge in [-0.25, -0.2) is 4.68 Å². The van der Waals surface area contributed by atoms with Crippen molar-refractivity contribution < 1.29 is 4.79 Å². The van der Waals surface area contributed by atoms with Crippen LogP contribution < -0.4 is 11.1 Å². The lowest BCUT2D eigenvalue weighted by Crippen LogP contribution is -2.34. The number of nitrogens with zero attached hydrogens (tertiary/aromatic N) is 2. The Kier molecular flexibility index (Phi) is 4.29. The predicted molar refractivity (Wildman–Crippen MR) is 80.2 cm³/mol. The fourth-order valence-electron chi connectivity index (χ4n) is 1.97. The molecule has 6 heteroatoms. The molecule has 106 valence electrons. The summed E-state index contributed by atoms with van der Waals surface area (Å²) >= 11 is 6.17. The van der Waals surface area contributed by atoms with Gasteiger partial charge in [0.15, 0.2) is 0 Å². The number of primary amides is 1. The monoisotopic (exact) mass is 292 g/mol. The second-order valence-electron chi connectivity index (χ2n) is 4.54. The number of hydrogen-bond donors (Lipinski definition) is 2. The summed E-state index contributed by atoms with van der Waals surface area (Å²) in [6, 6.07) is 8.89. The van der Waals surface area contributed by atoms with Gasteiger partial charge in [-0.2, -0.15) is 5.10 Å². The molecule has 0 unspecified atom stereocenters. The second kappa shape index (κ2) is 5.96. The molecular formula is C14H17ClN4O. The Morgan fingerprint density at radius 1 is 1.50 bits per heavy atom. The van der Waals surface area contributed by atoms with Crippen molar-refractivity contribution in [3.05, 3.63) is 41.0 Å². The molecule has 1 heterocycles. The third-order valence-electron chi connectivity index (χ3n) is 3.04. The van der Waals surface area contributed by atoms with E-state index in [1.807, 2.05) is 44.2 Å². The van der Waals surface area contributed by atoms with E-state index in [0.29, 0.717) is 17.3 Å². The molecule has 0 aliphatic carbocycles. The molecule has 0 saturated carbocycles. The van der Waals surface area contributed by atoms with Gasteiger partial charge in [-0.05, 0) is 25.5 Å². The van der Waals surface area contributed by atoms with Crippen molar-refractivity contribution in [3.63, 3.8) is 0 Å². The molecule has 1 aromatic carbocycles. The molecule has 1 amide bonds. The highest BCUT2D eigenvalue weighted by Gasteiger charge is 2.15. The van der Waals surface area contributed by atoms with Crippen molar-refractivity contribution in [3.8, 4) is 5.69 Å². The van der Waals surface area contributed by atoms with Crippen LogP contribution in [0.5, 0.6) is 0 Å². The van der Waals surface area contributed by atoms with E-state index in [1.165, 1.54) is 0 Å². The van der Waals surface area contributed by atoms with Gasteiger partial charge < -0.3 is 11.1 Å². The van der Waals surface area contributed by atoms with Crippen molar-refractivity contribution in [2.45, 2.75) is 26.3 Å². The number of nitrogens with two attached hydrogens (primary N) is 1. The van der Waals surface area contributed by atoms with Gasteiger partial charge in [0.1, 0.15) is 11.9 Å². The van der Waals surface area contributed by atoms with Crippen molar-refractivity contribution in [2.24, 2.45) is 5.73 Å². The highest BCUT2D eigenvalue weighted by Crippen LogP contribution is 2.22. The molecule has 3 N–H and O–H groups in total. The minimum atomic E-state index is -0.427. The van der Waals surface area contributed by atoms with Crippen LogP contribution in [0.1, 0.15) is 19.0 Å². The summed E-state index contributed by atoms with van der Waals surface area (Å²) in [6.07, 6.45) is 0.604. The Morgan fingerprint density at radius 2 is 2.20 bits per heavy atom. The third-order valence-corrected chi connectivity index (χ3v) is 3.36. The van der Waals surface area contributed by atoms with E-state index in [1.54, 1.807) is 4.68 Å². The number of halogens is 1. The standard InChI is InChI=1S/C14H17ClN4O/c1-3-11(14(16)20)17-13-8-9(2)19(18-13)12-7-5-4-6-10(12)15/h4-8,11H,3H2,1-2H3,(H2,16,20)(H,17,18)/t11-/m1/s1. The zero-order valence-electron chi connectivity index (χ0n) is 11.4. The van der Waals surface area contributed by atoms with Crippen LogP contribution in [-0.2, 0) is 4.79 Å². The summed E-state index contributed by atoms with van der Waals surface area (Å²) < 4.78 is 1.73. The molecule has 0 aliphatic rings. The van der Waals surface area contributed by atoms with E-state index < -0.39 is 11.9 Å². The lowest BCUT2D eigenvalue weighted by molar-refractivity contribution is -0.118. The van der Waals surface area contributed by atoms with Crippen LogP contribution in [0.15, 0.2) is 30.3 Å². The minimum absolute atomic E-state index is 0.391. The van der Waals surface area contributed by atoms with Gasteiger partial charge >= 0.3 is 0 Å². The van der Waals surface area contributed by atoms with E-state index in [2.05, 4.69) is 10.4 Å². The number of amides is 1. The molecule has 0 bridgehead atoms. The van der Waals surface area contributed by atoms with Crippen molar-refractivity contribution in [2.75, 3.05) is 5.32 Å². The molecular weight excluding hydrogens is 276 g/mol. The summed E-state index contributed by atoms with van der Waals surface area (Å²) in [4.78, 5) is 11.3. The molecule has 5 nitrogen and oxygen atoms in total. The van der Waals surface area contributed by atoms with Crippen molar-refractivity contribution >= 4 is 23.3 Å². The molecule has 0 radical (unpaired) electrons. The Labute approximate surface area is 122 Å². The quantitative estimate of drug-likeness (QED) is 0.889. The van der Waals surface area contributed by atoms with Gasteiger partial charge in [0.05, 0.1) is 10.7 Å². The largest absolute Gasteiger partial charge is 0.368 e. The maximum Gasteiger partial charge on any atom is 0.239 e. The fraction of sp³-hybridized carbons (Fsp3) is 0.286. The first-order valence-electron chi connectivity index (χ1n) is 6.40. The fourth-order valence-corrected chi connectivity index (χ4v) is 2.18. The lowest BCUT2D eigenvalue weighted by atomic mass is 10.2. The first-order valence-corrected chi connectivity index (χ1v) is 6.78. The maximum absolute atomic E-state index is 11.3. The first kappa shape index (κ1) is 14.4. The minimum Gasteiger partial charge on any atom is -0.368 e. The average molecular weight is 293 g/mol. The molecule has 0 aliphatic heterocycles. The van der Waals surface area contributed by atoms with Crippen LogP contribution in [0.3, 0.4) is 0 Å². The molecule has 0 saturated heterocycles. The molecule has 0 fully saturated rings. The Morgan fingerprint density at radius 3 is 2.80 bits per heavy atom. The lowest BCUT2D eigenvalue weighted by Gasteiger charge is -2.11. The molecule has 1 aromatic heterocycles. The number of carbonyl (C=O) groups is 1. The maximum atomic E-state index is 11.3. The van der Waals surface area contributed by atoms with Crippen LogP contribution in [0, 0.1) is 6.92 Å². The number of anilines is 1. The number of benzene rings is 1. The summed E-state index contributed by atoms with van der Waals surface area (Å²) in [5.41, 5.74) is 7.03. The first-order chi connectivity index (χ1) is 9.52. The molecule has 0 spiro atoms. The van der Waals surface area contributed by atoms with E-state index in [9.17, 15) is 4.79 Å². The molecule has 2 rings (SSSR count). The smallest absolute Gasteiger partial charge is 0.239 e. The average Bonchev–Trinajstić information content (AvgIpc) is 2.77. The van der Waals surface area contributed by atoms with Gasteiger partial charge in [-0.15, -0.1) is 0 Å². The van der Waals surface area contributed by atoms with Crippen LogP contribution in [0.2, 0.25) is 5.02 Å². The normalized spacial score (nSPS) is 12.2. The number of aryl methyl sites for hydroxylation is 1. The van der Waals surface area contributed by atoms with Gasteiger partial charge in [-0.3, -0.25) is 4.79 Å². The van der Waals surface area contributed by atoms with E-state index in [4.69, 9.17) is 17.3 Å². The number of carbonyl (C=O) groups excluding carboxylic acids is 1. The van der Waals surface area contributed by atoms with Gasteiger partial charge in [0, 0.05) is 11.8 Å². The van der Waals surface area contributed by atoms with Crippen molar-refractivity contribution in [1.82, 2.24) is 9.78 Å². The Bertz CT molecular complexity index is 623. The third kappa shape index (κ3) is 2.93. The highest BCUT2D eigenvalue weighted by molar-refractivity contribution is 6.32. The topological polar surface area (TPSA) is 72.9 Å². The summed E-state index contributed by atoms with van der Waals surface area (Å²) in [7, 11) is 0. The van der Waals surface area contributed by atoms with Crippen LogP contribution in [-0.4, -0.2) is 21.7 Å². The van der Waals surface area contributed by atoms with Gasteiger partial charge in [-0.1, -0.05) is 30.7 Å². The molecule has 2 aromatic rings. The van der Waals surface area contributed by atoms with E-state index in [-0.39, 0.29) is 0 Å². The van der Waals surface area contributed by atoms with E-state index in [0.717, 1.165) is 11.4 Å². The summed E-state index contributed by atoms with van der Waals surface area (Å²) in [5, 5.41) is 8.07. The van der Waals surface area contributed by atoms with Gasteiger partial charge in [0.2, 0.25) is 5.91 Å². The summed E-state index contributed by atoms with van der Waals surface area (Å²) in [6.45, 7) is 3.81. The number of aromatic nitrogens is 2. The van der Waals surface area contributed by atoms with Crippen LogP contribution in [0.25, 0.3) is 5.69 Å². The number of nitrogens with one attached hydrogen (secondary N) is 1. The van der Waals surface area contributed by atoms with Gasteiger partial charge in [0.25, 0.3) is 0 Å². The van der Waals surface area contributed by atoms with Crippen LogP contribution >= 0.6 is 11.6 Å². The molecule has 1 atom stereocenters. The Hall–Kier alpha value is -2.01. The number of hydrogen-bond acceptors (Lipinski definition) is 3. The van der Waals surface area contributed by atoms with Crippen molar-refractivity contribution in [1.29, 1.82) is 0 Å². The predicted octanol–water partition coefficient (Wildman–Crippen LogP) is 2.51. The van der Waals surface area contributed by atoms with E-state index >= 15 is 0 Å². The summed E-state index contributed by atoms with van der Waals surface area (Å²) in [5.74, 6) is 0.213.